The Morgan fingerprint density at radius 3 is 2.50 bits per heavy atom. The molecule has 0 spiro atoms. The molecule has 0 atom stereocenters. The summed E-state index contributed by atoms with van der Waals surface area (Å²) in [6.45, 7) is 7.28. The molecule has 0 saturated heterocycles. The van der Waals surface area contributed by atoms with Crippen LogP contribution in [0.1, 0.15) is 76.3 Å². The van der Waals surface area contributed by atoms with Crippen LogP contribution in [0.25, 0.3) is 0 Å². The Labute approximate surface area is 136 Å². The van der Waals surface area contributed by atoms with Crippen molar-refractivity contribution in [2.24, 2.45) is 5.92 Å². The molecule has 0 bridgehead atoms. The predicted octanol–water partition coefficient (Wildman–Crippen LogP) is 6.28. The number of hydrogen-bond acceptors (Lipinski definition) is 1. The van der Waals surface area contributed by atoms with Crippen LogP contribution < -0.4 is 4.74 Å². The van der Waals surface area contributed by atoms with Gasteiger partial charge in [0, 0.05) is 0 Å². The molecule has 22 heavy (non-hydrogen) atoms. The molecule has 0 heterocycles. The number of allylic oxidation sites excluding steroid dienone is 2. The van der Waals surface area contributed by atoms with E-state index in [0.29, 0.717) is 0 Å². The summed E-state index contributed by atoms with van der Waals surface area (Å²) in [7, 11) is 0. The van der Waals surface area contributed by atoms with Crippen LogP contribution in [0.4, 0.5) is 0 Å². The minimum Gasteiger partial charge on any atom is -0.494 e. The third-order valence-corrected chi connectivity index (χ3v) is 4.79. The average Bonchev–Trinajstić information content (AvgIpc) is 2.55. The van der Waals surface area contributed by atoms with Crippen molar-refractivity contribution in [2.75, 3.05) is 6.61 Å². The highest BCUT2D eigenvalue weighted by molar-refractivity contribution is 5.39. The summed E-state index contributed by atoms with van der Waals surface area (Å²) in [5, 5.41) is 0. The van der Waals surface area contributed by atoms with Gasteiger partial charge in [0.25, 0.3) is 0 Å². The maximum absolute atomic E-state index is 5.78. The fourth-order valence-electron chi connectivity index (χ4n) is 3.59. The van der Waals surface area contributed by atoms with Gasteiger partial charge in [-0.25, -0.2) is 0 Å². The van der Waals surface area contributed by atoms with Crippen molar-refractivity contribution >= 4 is 0 Å². The van der Waals surface area contributed by atoms with Crippen molar-refractivity contribution < 1.29 is 4.74 Å². The van der Waals surface area contributed by atoms with Gasteiger partial charge in [-0.15, -0.1) is 0 Å². The molecule has 0 amide bonds. The van der Waals surface area contributed by atoms with Crippen LogP contribution in [-0.2, 0) is 6.42 Å². The fraction of sp³-hybridized carbons (Fsp3) is 0.619. The van der Waals surface area contributed by atoms with Crippen LogP contribution in [-0.4, -0.2) is 6.61 Å². The lowest BCUT2D eigenvalue weighted by molar-refractivity contribution is 0.335. The zero-order valence-corrected chi connectivity index (χ0v) is 14.6. The number of rotatable bonds is 7. The number of benzene rings is 1. The van der Waals surface area contributed by atoms with Crippen LogP contribution >= 0.6 is 0 Å². The lowest BCUT2D eigenvalue weighted by atomic mass is 9.78. The first-order chi connectivity index (χ1) is 10.8. The third kappa shape index (κ3) is 4.63. The van der Waals surface area contributed by atoms with Crippen LogP contribution in [0.15, 0.2) is 30.4 Å². The molecule has 0 unspecified atom stereocenters. The van der Waals surface area contributed by atoms with Crippen molar-refractivity contribution in [3.8, 4) is 5.75 Å². The van der Waals surface area contributed by atoms with Gasteiger partial charge in [0.05, 0.1) is 6.61 Å². The van der Waals surface area contributed by atoms with Gasteiger partial charge < -0.3 is 4.74 Å². The zero-order chi connectivity index (χ0) is 15.8. The van der Waals surface area contributed by atoms with E-state index in [1.54, 1.807) is 0 Å². The van der Waals surface area contributed by atoms with Crippen molar-refractivity contribution in [3.63, 3.8) is 0 Å². The Morgan fingerprint density at radius 1 is 1.09 bits per heavy atom. The standard InChI is InChI=1S/C21H32O/c1-4-7-9-17-10-12-18(13-11-17)19-14-15-21(22-6-3)20(16-19)8-5-2/h7,9,14-18H,4-6,8,10-13H2,1-3H3/b9-7+. The Bertz CT molecular complexity index is 467. The molecular formula is C21H32O. The zero-order valence-electron chi connectivity index (χ0n) is 14.6. The number of ether oxygens (including phenoxy) is 1. The molecule has 1 aliphatic rings. The Hall–Kier alpha value is -1.24. The largest absolute Gasteiger partial charge is 0.494 e. The van der Waals surface area contributed by atoms with E-state index >= 15 is 0 Å². The summed E-state index contributed by atoms with van der Waals surface area (Å²) >= 11 is 0. The van der Waals surface area contributed by atoms with Gasteiger partial charge in [0.2, 0.25) is 0 Å². The minimum absolute atomic E-state index is 0.748. The second-order valence-corrected chi connectivity index (χ2v) is 6.50. The fourth-order valence-corrected chi connectivity index (χ4v) is 3.59. The maximum Gasteiger partial charge on any atom is 0.122 e. The van der Waals surface area contributed by atoms with Crippen molar-refractivity contribution in [1.82, 2.24) is 0 Å². The summed E-state index contributed by atoms with van der Waals surface area (Å²) in [6.07, 6.45) is 13.6. The molecule has 122 valence electrons. The van der Waals surface area contributed by atoms with Crippen LogP contribution in [0.3, 0.4) is 0 Å². The Morgan fingerprint density at radius 2 is 1.86 bits per heavy atom. The van der Waals surface area contributed by atoms with Gasteiger partial charge in [-0.3, -0.25) is 0 Å². The average molecular weight is 300 g/mol. The molecule has 0 aliphatic heterocycles. The molecule has 0 N–H and O–H groups in total. The van der Waals surface area contributed by atoms with Gasteiger partial charge in [-0.1, -0.05) is 44.6 Å². The quantitative estimate of drug-likeness (QED) is 0.539. The van der Waals surface area contributed by atoms with Crippen LogP contribution in [0, 0.1) is 5.92 Å². The second kappa shape index (κ2) is 9.02. The molecular weight excluding hydrogens is 268 g/mol. The normalized spacial score (nSPS) is 22.1. The lowest BCUT2D eigenvalue weighted by Gasteiger charge is -2.27. The molecule has 0 radical (unpaired) electrons. The topological polar surface area (TPSA) is 9.23 Å². The van der Waals surface area contributed by atoms with Gasteiger partial charge in [-0.2, -0.15) is 0 Å². The lowest BCUT2D eigenvalue weighted by Crippen LogP contribution is -2.12. The van der Waals surface area contributed by atoms with Gasteiger partial charge in [-0.05, 0) is 74.5 Å². The highest BCUT2D eigenvalue weighted by Gasteiger charge is 2.21. The molecule has 1 saturated carbocycles. The van der Waals surface area contributed by atoms with Crippen molar-refractivity contribution in [2.45, 2.75) is 71.6 Å². The first kappa shape index (κ1) is 17.1. The predicted molar refractivity (Wildman–Crippen MR) is 95.7 cm³/mol. The number of hydrogen-bond donors (Lipinski definition) is 0. The summed E-state index contributed by atoms with van der Waals surface area (Å²) in [6, 6.07) is 6.92. The first-order valence-corrected chi connectivity index (χ1v) is 9.20. The van der Waals surface area contributed by atoms with E-state index in [-0.39, 0.29) is 0 Å². The van der Waals surface area contributed by atoms with E-state index in [9.17, 15) is 0 Å². The van der Waals surface area contributed by atoms with E-state index in [0.717, 1.165) is 30.6 Å². The summed E-state index contributed by atoms with van der Waals surface area (Å²) in [4.78, 5) is 0. The van der Waals surface area contributed by atoms with Crippen LogP contribution in [0.5, 0.6) is 5.75 Å². The molecule has 1 aliphatic carbocycles. The molecule has 1 fully saturated rings. The summed E-state index contributed by atoms with van der Waals surface area (Å²) < 4.78 is 5.78. The first-order valence-electron chi connectivity index (χ1n) is 9.20. The van der Waals surface area contributed by atoms with Crippen LogP contribution in [0.2, 0.25) is 0 Å². The SMILES string of the molecule is CC/C=C/C1CCC(c2ccc(OCC)c(CCC)c2)CC1. The molecule has 1 heteroatoms. The highest BCUT2D eigenvalue weighted by Crippen LogP contribution is 2.37. The summed E-state index contributed by atoms with van der Waals surface area (Å²) in [5.74, 6) is 2.65. The monoisotopic (exact) mass is 300 g/mol. The van der Waals surface area contributed by atoms with E-state index < -0.39 is 0 Å². The van der Waals surface area contributed by atoms with Crippen molar-refractivity contribution in [3.05, 3.63) is 41.5 Å². The smallest absolute Gasteiger partial charge is 0.122 e. The van der Waals surface area contributed by atoms with E-state index in [1.165, 1.54) is 49.7 Å². The minimum atomic E-state index is 0.748. The van der Waals surface area contributed by atoms with E-state index in [1.807, 2.05) is 0 Å². The molecule has 0 aromatic heterocycles. The van der Waals surface area contributed by atoms with Gasteiger partial charge in [0.15, 0.2) is 0 Å². The number of aryl methyl sites for hydroxylation is 1. The maximum atomic E-state index is 5.78. The molecule has 2 rings (SSSR count). The third-order valence-electron chi connectivity index (χ3n) is 4.79. The summed E-state index contributed by atoms with van der Waals surface area (Å²) in [5.41, 5.74) is 2.93. The molecule has 1 nitrogen and oxygen atoms in total. The van der Waals surface area contributed by atoms with Gasteiger partial charge in [0.1, 0.15) is 5.75 Å². The van der Waals surface area contributed by atoms with E-state index in [4.69, 9.17) is 4.74 Å². The molecule has 1 aromatic carbocycles. The molecule has 1 aromatic rings. The second-order valence-electron chi connectivity index (χ2n) is 6.50. The van der Waals surface area contributed by atoms with Crippen molar-refractivity contribution in [1.29, 1.82) is 0 Å². The Balaban J connectivity index is 2.03. The van der Waals surface area contributed by atoms with Gasteiger partial charge >= 0.3 is 0 Å². The highest BCUT2D eigenvalue weighted by atomic mass is 16.5. The van der Waals surface area contributed by atoms with E-state index in [2.05, 4.69) is 51.1 Å². The Kier molecular flexibility index (Phi) is 7.02.